The Labute approximate surface area is 214 Å². The van der Waals surface area contributed by atoms with Gasteiger partial charge in [0.1, 0.15) is 5.75 Å². The number of benzene rings is 2. The summed E-state index contributed by atoms with van der Waals surface area (Å²) in [6.07, 6.45) is 7.00. The lowest BCUT2D eigenvalue weighted by molar-refractivity contribution is -0.0585. The average molecular weight is 488 g/mol. The molecule has 0 spiro atoms. The van der Waals surface area contributed by atoms with Crippen molar-refractivity contribution in [3.63, 3.8) is 0 Å². The smallest absolute Gasteiger partial charge is 0.322 e. The minimum Gasteiger partial charge on any atom is -0.495 e. The number of rotatable bonds is 4. The van der Waals surface area contributed by atoms with Crippen molar-refractivity contribution in [2.75, 3.05) is 38.7 Å². The van der Waals surface area contributed by atoms with Gasteiger partial charge < -0.3 is 20.1 Å². The number of urea groups is 1. The molecule has 3 aliphatic rings. The van der Waals surface area contributed by atoms with Crippen LogP contribution in [-0.2, 0) is 0 Å². The number of hydrogen-bond acceptors (Lipinski definition) is 4. The molecule has 3 atom stereocenters. The maximum atomic E-state index is 13.3. The molecular formula is C30H37N3O3. The van der Waals surface area contributed by atoms with E-state index in [1.54, 1.807) is 7.11 Å². The third kappa shape index (κ3) is 5.23. The molecule has 190 valence electrons. The number of aliphatic hydroxyl groups is 1. The largest absolute Gasteiger partial charge is 0.495 e. The molecule has 2 aliphatic heterocycles. The number of anilines is 1. The summed E-state index contributed by atoms with van der Waals surface area (Å²) in [5.41, 5.74) is 2.95. The molecule has 2 saturated heterocycles. The summed E-state index contributed by atoms with van der Waals surface area (Å²) in [7, 11) is 1.61. The predicted molar refractivity (Wildman–Crippen MR) is 142 cm³/mol. The first-order valence-electron chi connectivity index (χ1n) is 13.3. The molecule has 2 aromatic rings. The monoisotopic (exact) mass is 487 g/mol. The second-order valence-corrected chi connectivity index (χ2v) is 10.2. The number of carbonyl (C=O) groups excluding carboxylic acids is 1. The number of aliphatic hydroxyl groups excluding tert-OH is 1. The number of methoxy groups -OCH3 is 1. The van der Waals surface area contributed by atoms with E-state index >= 15 is 0 Å². The van der Waals surface area contributed by atoms with Crippen LogP contribution in [0.2, 0.25) is 0 Å². The van der Waals surface area contributed by atoms with Crippen LogP contribution in [0.4, 0.5) is 10.5 Å². The second-order valence-electron chi connectivity index (χ2n) is 10.2. The summed E-state index contributed by atoms with van der Waals surface area (Å²) in [6, 6.07) is 16.2. The van der Waals surface area contributed by atoms with E-state index in [0.717, 1.165) is 31.5 Å². The lowest BCUT2D eigenvalue weighted by Crippen LogP contribution is -2.68. The third-order valence-corrected chi connectivity index (χ3v) is 8.08. The fourth-order valence-electron chi connectivity index (χ4n) is 6.11. The van der Waals surface area contributed by atoms with Gasteiger partial charge in [0.05, 0.1) is 19.4 Å². The number of fused-ring (bicyclic) bond motifs is 1. The van der Waals surface area contributed by atoms with Gasteiger partial charge in [0.25, 0.3) is 0 Å². The molecule has 0 radical (unpaired) electrons. The Bertz CT molecular complexity index is 1100. The van der Waals surface area contributed by atoms with Crippen LogP contribution in [0.15, 0.2) is 48.5 Å². The zero-order valence-corrected chi connectivity index (χ0v) is 21.2. The van der Waals surface area contributed by atoms with Gasteiger partial charge in [-0.05, 0) is 62.1 Å². The Kier molecular flexibility index (Phi) is 7.79. The highest BCUT2D eigenvalue weighted by atomic mass is 16.5. The van der Waals surface area contributed by atoms with E-state index in [1.807, 2.05) is 29.2 Å². The highest BCUT2D eigenvalue weighted by Gasteiger charge is 2.49. The summed E-state index contributed by atoms with van der Waals surface area (Å²) in [4.78, 5) is 17.6. The Balaban J connectivity index is 1.31. The Morgan fingerprint density at radius 1 is 1.06 bits per heavy atom. The van der Waals surface area contributed by atoms with E-state index in [9.17, 15) is 9.90 Å². The number of nitrogens with zero attached hydrogens (tertiary/aromatic N) is 2. The first-order chi connectivity index (χ1) is 17.7. The second kappa shape index (κ2) is 11.4. The zero-order chi connectivity index (χ0) is 24.9. The van der Waals surface area contributed by atoms with Gasteiger partial charge >= 0.3 is 6.03 Å². The van der Waals surface area contributed by atoms with Crippen LogP contribution >= 0.6 is 0 Å². The minimum atomic E-state index is -0.106. The van der Waals surface area contributed by atoms with Crippen LogP contribution in [0, 0.1) is 17.8 Å². The van der Waals surface area contributed by atoms with Gasteiger partial charge in [0.15, 0.2) is 0 Å². The van der Waals surface area contributed by atoms with E-state index in [2.05, 4.69) is 46.3 Å². The van der Waals surface area contributed by atoms with Crippen molar-refractivity contribution in [1.29, 1.82) is 0 Å². The Morgan fingerprint density at radius 2 is 1.81 bits per heavy atom. The number of amides is 2. The fraction of sp³-hybridized carbons (Fsp3) is 0.500. The maximum Gasteiger partial charge on any atom is 0.322 e. The molecule has 6 nitrogen and oxygen atoms in total. The van der Waals surface area contributed by atoms with Gasteiger partial charge in [-0.1, -0.05) is 48.9 Å². The van der Waals surface area contributed by atoms with Gasteiger partial charge in [-0.2, -0.15) is 0 Å². The van der Waals surface area contributed by atoms with Gasteiger partial charge in [-0.3, -0.25) is 4.90 Å². The third-order valence-electron chi connectivity index (χ3n) is 8.08. The van der Waals surface area contributed by atoms with Crippen molar-refractivity contribution >= 4 is 11.7 Å². The molecule has 0 unspecified atom stereocenters. The van der Waals surface area contributed by atoms with Crippen molar-refractivity contribution in [2.45, 2.75) is 56.5 Å². The number of nitrogens with one attached hydrogen (secondary N) is 1. The summed E-state index contributed by atoms with van der Waals surface area (Å²) >= 11 is 0. The van der Waals surface area contributed by atoms with Crippen LogP contribution in [0.3, 0.4) is 0 Å². The molecule has 2 heterocycles. The molecule has 36 heavy (non-hydrogen) atoms. The predicted octanol–water partition coefficient (Wildman–Crippen LogP) is 4.69. The highest BCUT2D eigenvalue weighted by molar-refractivity contribution is 5.91. The molecule has 3 fully saturated rings. The zero-order valence-electron chi connectivity index (χ0n) is 21.2. The topological polar surface area (TPSA) is 65.0 Å². The molecule has 2 N–H and O–H groups in total. The van der Waals surface area contributed by atoms with E-state index < -0.39 is 0 Å². The molecule has 1 saturated carbocycles. The molecule has 2 amide bonds. The molecule has 2 aromatic carbocycles. The number of ether oxygens (including phenoxy) is 1. The highest BCUT2D eigenvalue weighted by Crippen LogP contribution is 2.42. The summed E-state index contributed by atoms with van der Waals surface area (Å²) in [6.45, 7) is 2.43. The first-order valence-corrected chi connectivity index (χ1v) is 13.3. The van der Waals surface area contributed by atoms with Crippen LogP contribution < -0.4 is 10.1 Å². The van der Waals surface area contributed by atoms with Gasteiger partial charge in [0.2, 0.25) is 0 Å². The minimum absolute atomic E-state index is 0.0858. The molecule has 0 bridgehead atoms. The molecular weight excluding hydrogens is 450 g/mol. The quantitative estimate of drug-likeness (QED) is 0.614. The lowest BCUT2D eigenvalue weighted by atomic mass is 9.74. The van der Waals surface area contributed by atoms with Crippen LogP contribution in [0.25, 0.3) is 0 Å². The van der Waals surface area contributed by atoms with E-state index in [-0.39, 0.29) is 30.6 Å². The van der Waals surface area contributed by atoms with E-state index in [4.69, 9.17) is 4.74 Å². The SMILES string of the molecule is COc1ccccc1NC(=O)N1CCCCN2[C@H](C1)[C@H](c1ccc(C#CC3CCCC3)cc1)[C@@H]2CO. The summed E-state index contributed by atoms with van der Waals surface area (Å²) in [5.74, 6) is 8.19. The van der Waals surface area contributed by atoms with E-state index in [1.165, 1.54) is 31.2 Å². The number of para-hydroxylation sites is 2. The van der Waals surface area contributed by atoms with Gasteiger partial charge in [0, 0.05) is 42.6 Å². The van der Waals surface area contributed by atoms with Crippen LogP contribution in [0.1, 0.15) is 55.6 Å². The van der Waals surface area contributed by atoms with E-state index in [0.29, 0.717) is 23.9 Å². The first kappa shape index (κ1) is 24.7. The molecule has 0 aromatic heterocycles. The Morgan fingerprint density at radius 3 is 2.56 bits per heavy atom. The normalized spacial score (nSPS) is 24.5. The van der Waals surface area contributed by atoms with Crippen molar-refractivity contribution < 1.29 is 14.6 Å². The summed E-state index contributed by atoms with van der Waals surface area (Å²) in [5, 5.41) is 13.3. The average Bonchev–Trinajstić information content (AvgIpc) is 3.41. The van der Waals surface area contributed by atoms with Crippen LogP contribution in [0.5, 0.6) is 5.75 Å². The van der Waals surface area contributed by atoms with Crippen molar-refractivity contribution in [1.82, 2.24) is 9.80 Å². The maximum absolute atomic E-state index is 13.3. The number of hydrogen-bond donors (Lipinski definition) is 2. The number of carbonyl (C=O) groups is 1. The molecule has 5 rings (SSSR count). The van der Waals surface area contributed by atoms with Gasteiger partial charge in [-0.25, -0.2) is 4.79 Å². The van der Waals surface area contributed by atoms with Crippen LogP contribution in [-0.4, -0.2) is 66.4 Å². The molecule has 6 heteroatoms. The van der Waals surface area contributed by atoms with Crippen molar-refractivity contribution in [3.05, 3.63) is 59.7 Å². The Hall–Kier alpha value is -3.01. The lowest BCUT2D eigenvalue weighted by Gasteiger charge is -2.57. The molecule has 1 aliphatic carbocycles. The fourth-order valence-corrected chi connectivity index (χ4v) is 6.11. The summed E-state index contributed by atoms with van der Waals surface area (Å²) < 4.78 is 5.41. The van der Waals surface area contributed by atoms with Crippen molar-refractivity contribution in [3.8, 4) is 17.6 Å². The standard InChI is InChI=1S/C30H37N3O3/c1-36-28-11-5-4-10-25(28)31-30(35)32-18-6-7-19-33-26(20-32)29(27(33)21-34)24-16-14-23(15-17-24)13-12-22-8-2-3-9-22/h4-5,10-11,14-17,22,26-27,29,34H,2-3,6-9,18-21H2,1H3,(H,31,35)/t26-,27+,29+/m1/s1. The van der Waals surface area contributed by atoms with Gasteiger partial charge in [-0.15, -0.1) is 0 Å². The van der Waals surface area contributed by atoms with Crippen molar-refractivity contribution in [2.24, 2.45) is 5.92 Å².